The van der Waals surface area contributed by atoms with E-state index in [1.807, 2.05) is 24.5 Å². The third-order valence-corrected chi connectivity index (χ3v) is 3.77. The number of rotatable bonds is 4. The summed E-state index contributed by atoms with van der Waals surface area (Å²) in [5.41, 5.74) is 1.52. The molecule has 0 saturated carbocycles. The first-order valence-corrected chi connectivity index (χ1v) is 7.16. The molecule has 0 spiro atoms. The van der Waals surface area contributed by atoms with Gasteiger partial charge in [-0.3, -0.25) is 9.78 Å². The lowest BCUT2D eigenvalue weighted by molar-refractivity contribution is 0.0936. The number of piperidine rings is 1. The van der Waals surface area contributed by atoms with Gasteiger partial charge in [0, 0.05) is 43.8 Å². The first-order valence-electron chi connectivity index (χ1n) is 7.16. The van der Waals surface area contributed by atoms with Crippen molar-refractivity contribution in [3.63, 3.8) is 0 Å². The number of nitrogens with one attached hydrogen (secondary N) is 1. The van der Waals surface area contributed by atoms with Crippen molar-refractivity contribution in [2.24, 2.45) is 5.92 Å². The molecule has 110 valence electrons. The van der Waals surface area contributed by atoms with E-state index in [1.165, 1.54) is 12.0 Å². The highest BCUT2D eigenvalue weighted by Crippen LogP contribution is 2.22. The fraction of sp³-hybridized carbons (Fsp3) is 0.400. The molecule has 6 heteroatoms. The Balaban J connectivity index is 1.53. The fourth-order valence-corrected chi connectivity index (χ4v) is 2.68. The Morgan fingerprint density at radius 1 is 1.38 bits per heavy atom. The van der Waals surface area contributed by atoms with Gasteiger partial charge in [-0.1, -0.05) is 5.16 Å². The van der Waals surface area contributed by atoms with Crippen LogP contribution in [-0.2, 0) is 0 Å². The number of amides is 1. The molecule has 0 radical (unpaired) electrons. The minimum Gasteiger partial charge on any atom is -0.371 e. The van der Waals surface area contributed by atoms with Gasteiger partial charge in [-0.2, -0.15) is 0 Å². The van der Waals surface area contributed by atoms with Crippen molar-refractivity contribution in [2.75, 3.05) is 24.5 Å². The number of anilines is 1. The molecule has 0 bridgehead atoms. The van der Waals surface area contributed by atoms with Crippen LogP contribution < -0.4 is 10.2 Å². The molecule has 0 aromatic carbocycles. The minimum atomic E-state index is -0.176. The van der Waals surface area contributed by atoms with Gasteiger partial charge in [0.25, 0.3) is 5.91 Å². The molecule has 1 saturated heterocycles. The maximum atomic E-state index is 11.8. The Morgan fingerprint density at radius 2 is 2.24 bits per heavy atom. The summed E-state index contributed by atoms with van der Waals surface area (Å²) in [4.78, 5) is 18.2. The van der Waals surface area contributed by atoms with E-state index in [4.69, 9.17) is 0 Å². The zero-order valence-corrected chi connectivity index (χ0v) is 11.7. The summed E-state index contributed by atoms with van der Waals surface area (Å²) in [5, 5.41) is 6.56. The van der Waals surface area contributed by atoms with Crippen molar-refractivity contribution in [2.45, 2.75) is 12.8 Å². The molecule has 1 aliphatic heterocycles. The predicted molar refractivity (Wildman–Crippen MR) is 78.0 cm³/mol. The largest absolute Gasteiger partial charge is 0.371 e. The third-order valence-electron chi connectivity index (χ3n) is 3.77. The summed E-state index contributed by atoms with van der Waals surface area (Å²) in [6.07, 6.45) is 7.28. The number of pyridine rings is 1. The number of carbonyl (C=O) groups is 1. The van der Waals surface area contributed by atoms with Crippen LogP contribution in [0, 0.1) is 5.92 Å². The van der Waals surface area contributed by atoms with E-state index < -0.39 is 0 Å². The zero-order chi connectivity index (χ0) is 14.5. The molecule has 1 fully saturated rings. The van der Waals surface area contributed by atoms with E-state index in [0.717, 1.165) is 25.9 Å². The number of hydrogen-bond acceptors (Lipinski definition) is 5. The molecular weight excluding hydrogens is 268 g/mol. The summed E-state index contributed by atoms with van der Waals surface area (Å²) in [6.45, 7) is 2.66. The van der Waals surface area contributed by atoms with E-state index in [1.54, 1.807) is 6.07 Å². The normalized spacial score (nSPS) is 18.5. The summed E-state index contributed by atoms with van der Waals surface area (Å²) < 4.78 is 4.68. The van der Waals surface area contributed by atoms with E-state index in [-0.39, 0.29) is 5.91 Å². The van der Waals surface area contributed by atoms with Gasteiger partial charge < -0.3 is 14.7 Å². The lowest BCUT2D eigenvalue weighted by atomic mass is 9.97. The highest BCUT2D eigenvalue weighted by atomic mass is 16.5. The second kappa shape index (κ2) is 6.39. The van der Waals surface area contributed by atoms with Crippen LogP contribution in [0.5, 0.6) is 0 Å². The van der Waals surface area contributed by atoms with Gasteiger partial charge in [-0.15, -0.1) is 0 Å². The molecule has 0 unspecified atom stereocenters. The topological polar surface area (TPSA) is 71.3 Å². The summed E-state index contributed by atoms with van der Waals surface area (Å²) in [6, 6.07) is 5.62. The Morgan fingerprint density at radius 3 is 3.00 bits per heavy atom. The quantitative estimate of drug-likeness (QED) is 0.926. The molecule has 1 aliphatic rings. The second-order valence-electron chi connectivity index (χ2n) is 5.25. The lowest BCUT2D eigenvalue weighted by Gasteiger charge is -2.34. The lowest BCUT2D eigenvalue weighted by Crippen LogP contribution is -2.41. The van der Waals surface area contributed by atoms with Gasteiger partial charge in [-0.05, 0) is 30.9 Å². The molecule has 1 atom stereocenters. The van der Waals surface area contributed by atoms with Crippen LogP contribution in [-0.4, -0.2) is 35.7 Å². The minimum absolute atomic E-state index is 0.176. The molecule has 3 rings (SSSR count). The van der Waals surface area contributed by atoms with Crippen LogP contribution in [0.2, 0.25) is 0 Å². The standard InChI is InChI=1S/C15H18N4O2/c20-15(14-5-9-21-18-14)17-10-12-2-1-8-19(11-12)13-3-6-16-7-4-13/h3-7,9,12H,1-2,8,10-11H2,(H,17,20)/t12-/m1/s1. The highest BCUT2D eigenvalue weighted by molar-refractivity contribution is 5.91. The van der Waals surface area contributed by atoms with Crippen molar-refractivity contribution in [1.29, 1.82) is 0 Å². The Hall–Kier alpha value is -2.37. The third kappa shape index (κ3) is 3.39. The monoisotopic (exact) mass is 286 g/mol. The summed E-state index contributed by atoms with van der Waals surface area (Å²) in [5.74, 6) is 0.271. The Kier molecular flexibility index (Phi) is 4.14. The predicted octanol–water partition coefficient (Wildman–Crippen LogP) is 1.72. The number of aromatic nitrogens is 2. The highest BCUT2D eigenvalue weighted by Gasteiger charge is 2.21. The van der Waals surface area contributed by atoms with Crippen LogP contribution in [0.25, 0.3) is 0 Å². The van der Waals surface area contributed by atoms with E-state index in [0.29, 0.717) is 18.2 Å². The first-order chi connectivity index (χ1) is 10.3. The first kappa shape index (κ1) is 13.6. The Bertz CT molecular complexity index is 571. The van der Waals surface area contributed by atoms with Gasteiger partial charge in [0.2, 0.25) is 0 Å². The summed E-state index contributed by atoms with van der Waals surface area (Å²) in [7, 11) is 0. The van der Waals surface area contributed by atoms with Crippen molar-refractivity contribution < 1.29 is 9.32 Å². The maximum absolute atomic E-state index is 11.8. The molecule has 1 amide bonds. The zero-order valence-electron chi connectivity index (χ0n) is 11.7. The smallest absolute Gasteiger partial charge is 0.273 e. The van der Waals surface area contributed by atoms with E-state index in [9.17, 15) is 4.79 Å². The maximum Gasteiger partial charge on any atom is 0.273 e. The molecule has 6 nitrogen and oxygen atoms in total. The molecule has 0 aliphatic carbocycles. The van der Waals surface area contributed by atoms with Crippen molar-refractivity contribution in [1.82, 2.24) is 15.5 Å². The van der Waals surface area contributed by atoms with E-state index >= 15 is 0 Å². The van der Waals surface area contributed by atoms with Crippen LogP contribution >= 0.6 is 0 Å². The molecule has 2 aromatic rings. The van der Waals surface area contributed by atoms with Gasteiger partial charge in [0.05, 0.1) is 0 Å². The molecule has 2 aromatic heterocycles. The van der Waals surface area contributed by atoms with Gasteiger partial charge >= 0.3 is 0 Å². The van der Waals surface area contributed by atoms with Crippen molar-refractivity contribution in [3.8, 4) is 0 Å². The van der Waals surface area contributed by atoms with Gasteiger partial charge in [0.1, 0.15) is 6.26 Å². The van der Waals surface area contributed by atoms with Crippen molar-refractivity contribution >= 4 is 11.6 Å². The fourth-order valence-electron chi connectivity index (χ4n) is 2.68. The number of nitrogens with zero attached hydrogens (tertiary/aromatic N) is 3. The molecule has 21 heavy (non-hydrogen) atoms. The Labute approximate surface area is 123 Å². The average molecular weight is 286 g/mol. The molecule has 1 N–H and O–H groups in total. The van der Waals surface area contributed by atoms with Gasteiger partial charge in [0.15, 0.2) is 5.69 Å². The SMILES string of the molecule is O=C(NC[C@H]1CCCN(c2ccncc2)C1)c1ccon1. The van der Waals surface area contributed by atoms with Crippen LogP contribution in [0.15, 0.2) is 41.4 Å². The van der Waals surface area contributed by atoms with Crippen LogP contribution in [0.4, 0.5) is 5.69 Å². The summed E-state index contributed by atoms with van der Waals surface area (Å²) >= 11 is 0. The molecular formula is C15H18N4O2. The van der Waals surface area contributed by atoms with Crippen LogP contribution in [0.1, 0.15) is 23.3 Å². The van der Waals surface area contributed by atoms with E-state index in [2.05, 4.69) is 24.9 Å². The second-order valence-corrected chi connectivity index (χ2v) is 5.25. The number of hydrogen-bond donors (Lipinski definition) is 1. The van der Waals surface area contributed by atoms with Gasteiger partial charge in [-0.25, -0.2) is 0 Å². The molecule has 3 heterocycles. The number of carbonyl (C=O) groups excluding carboxylic acids is 1. The van der Waals surface area contributed by atoms with Crippen molar-refractivity contribution in [3.05, 3.63) is 42.5 Å². The van der Waals surface area contributed by atoms with Crippen LogP contribution in [0.3, 0.4) is 0 Å². The average Bonchev–Trinajstić information content (AvgIpc) is 3.08.